The number of halogens is 2. The molecule has 0 heterocycles. The molecule has 2 rings (SSSR count). The van der Waals surface area contributed by atoms with Crippen LogP contribution in [0.1, 0.15) is 19.3 Å². The maximum absolute atomic E-state index is 14.3. The molecular weight excluding hydrogens is 324 g/mol. The van der Waals surface area contributed by atoms with Crippen LogP contribution >= 0.6 is 0 Å². The smallest absolute Gasteiger partial charge is 0.229 e. The summed E-state index contributed by atoms with van der Waals surface area (Å²) in [5, 5.41) is 0. The summed E-state index contributed by atoms with van der Waals surface area (Å²) in [5.41, 5.74) is 0.714. The molecule has 0 spiro atoms. The van der Waals surface area contributed by atoms with Crippen LogP contribution < -0.4 is 4.90 Å². The van der Waals surface area contributed by atoms with Crippen LogP contribution in [-0.4, -0.2) is 74.9 Å². The molecule has 0 aromatic heterocycles. The van der Waals surface area contributed by atoms with Crippen molar-refractivity contribution in [3.05, 3.63) is 30.3 Å². The third kappa shape index (κ3) is 5.22. The molecule has 140 valence electrons. The van der Waals surface area contributed by atoms with Crippen LogP contribution in [0.15, 0.2) is 30.3 Å². The minimum absolute atomic E-state index is 0.0706. The number of likely N-dealkylation sites (N-methyl/N-ethyl adjacent to an activating group) is 2. The molecule has 1 fully saturated rings. The van der Waals surface area contributed by atoms with E-state index in [4.69, 9.17) is 0 Å². The summed E-state index contributed by atoms with van der Waals surface area (Å²) < 4.78 is 27.1. The zero-order chi connectivity index (χ0) is 18.4. The largest absolute Gasteiger partial charge is 0.308 e. The van der Waals surface area contributed by atoms with Gasteiger partial charge in [-0.1, -0.05) is 18.2 Å². The van der Waals surface area contributed by atoms with E-state index in [1.807, 2.05) is 51.5 Å². The third-order valence-electron chi connectivity index (χ3n) is 4.85. The van der Waals surface area contributed by atoms with Crippen molar-refractivity contribution >= 4 is 11.6 Å². The molecule has 25 heavy (non-hydrogen) atoms. The first-order valence-corrected chi connectivity index (χ1v) is 8.86. The van der Waals surface area contributed by atoms with E-state index >= 15 is 0 Å². The minimum atomic E-state index is -0.943. The SMILES string of the molecule is CN(C)CCN(C)C1CC(F)CC1N(C(=O)CCF)c1ccccc1. The maximum atomic E-state index is 14.3. The van der Waals surface area contributed by atoms with Gasteiger partial charge < -0.3 is 9.80 Å². The molecule has 3 atom stereocenters. The summed E-state index contributed by atoms with van der Waals surface area (Å²) in [6.45, 7) is 0.955. The highest BCUT2D eigenvalue weighted by molar-refractivity contribution is 5.94. The van der Waals surface area contributed by atoms with E-state index in [1.165, 1.54) is 0 Å². The normalized spacial score (nSPS) is 23.4. The number of benzene rings is 1. The predicted molar refractivity (Wildman–Crippen MR) is 97.4 cm³/mol. The highest BCUT2D eigenvalue weighted by Gasteiger charge is 2.42. The summed E-state index contributed by atoms with van der Waals surface area (Å²) >= 11 is 0. The molecule has 4 nitrogen and oxygen atoms in total. The lowest BCUT2D eigenvalue weighted by Gasteiger charge is -2.37. The van der Waals surface area contributed by atoms with Gasteiger partial charge in [0.05, 0.1) is 19.1 Å². The average molecular weight is 353 g/mol. The van der Waals surface area contributed by atoms with Gasteiger partial charge in [0, 0.05) is 31.2 Å². The lowest BCUT2D eigenvalue weighted by atomic mass is 10.1. The van der Waals surface area contributed by atoms with Gasteiger partial charge in [0.2, 0.25) is 5.91 Å². The van der Waals surface area contributed by atoms with Crippen molar-refractivity contribution in [1.29, 1.82) is 0 Å². The Kier molecular flexibility index (Phi) is 7.32. The van der Waals surface area contributed by atoms with E-state index in [-0.39, 0.29) is 24.4 Å². The number of alkyl halides is 2. The molecule has 1 amide bonds. The highest BCUT2D eigenvalue weighted by Crippen LogP contribution is 2.33. The summed E-state index contributed by atoms with van der Waals surface area (Å²) in [6, 6.07) is 8.88. The Morgan fingerprint density at radius 3 is 2.32 bits per heavy atom. The topological polar surface area (TPSA) is 26.8 Å². The first-order chi connectivity index (χ1) is 11.9. The molecule has 1 aliphatic rings. The van der Waals surface area contributed by atoms with Crippen LogP contribution in [0, 0.1) is 0 Å². The third-order valence-corrected chi connectivity index (χ3v) is 4.85. The fourth-order valence-electron chi connectivity index (χ4n) is 3.52. The van der Waals surface area contributed by atoms with Gasteiger partial charge in [-0.05, 0) is 39.7 Å². The zero-order valence-electron chi connectivity index (χ0n) is 15.4. The number of carbonyl (C=O) groups excluding carboxylic acids is 1. The van der Waals surface area contributed by atoms with Gasteiger partial charge in [-0.25, -0.2) is 4.39 Å². The number of anilines is 1. The van der Waals surface area contributed by atoms with Crippen LogP contribution in [0.25, 0.3) is 0 Å². The molecule has 0 saturated heterocycles. The Hall–Kier alpha value is -1.53. The van der Waals surface area contributed by atoms with Crippen molar-refractivity contribution in [1.82, 2.24) is 9.80 Å². The fourth-order valence-corrected chi connectivity index (χ4v) is 3.52. The number of carbonyl (C=O) groups is 1. The number of para-hydroxylation sites is 1. The number of rotatable bonds is 8. The average Bonchev–Trinajstić information content (AvgIpc) is 2.95. The van der Waals surface area contributed by atoms with Gasteiger partial charge in [-0.15, -0.1) is 0 Å². The summed E-state index contributed by atoms with van der Waals surface area (Å²) in [5.74, 6) is -0.279. The molecule has 0 aliphatic heterocycles. The lowest BCUT2D eigenvalue weighted by molar-refractivity contribution is -0.119. The molecule has 0 bridgehead atoms. The Balaban J connectivity index is 2.25. The Morgan fingerprint density at radius 1 is 1.08 bits per heavy atom. The first kappa shape index (κ1) is 19.8. The van der Waals surface area contributed by atoms with Crippen molar-refractivity contribution in [2.24, 2.45) is 0 Å². The van der Waals surface area contributed by atoms with Crippen LogP contribution in [-0.2, 0) is 4.79 Å². The molecular formula is C19H29F2N3O. The van der Waals surface area contributed by atoms with Gasteiger partial charge >= 0.3 is 0 Å². The van der Waals surface area contributed by atoms with E-state index < -0.39 is 12.8 Å². The lowest BCUT2D eigenvalue weighted by Crippen LogP contribution is -2.51. The van der Waals surface area contributed by atoms with Gasteiger partial charge in [-0.3, -0.25) is 14.1 Å². The van der Waals surface area contributed by atoms with Crippen LogP contribution in [0.4, 0.5) is 14.5 Å². The van der Waals surface area contributed by atoms with Crippen LogP contribution in [0.3, 0.4) is 0 Å². The Labute approximate surface area is 149 Å². The molecule has 0 radical (unpaired) electrons. The standard InChI is InChI=1S/C19H29F2N3O/c1-22(2)11-12-23(3)17-13-15(21)14-18(17)24(19(25)9-10-20)16-7-5-4-6-8-16/h4-8,15,17-18H,9-14H2,1-3H3. The van der Waals surface area contributed by atoms with E-state index in [2.05, 4.69) is 9.80 Å². The summed E-state index contributed by atoms with van der Waals surface area (Å²) in [7, 11) is 5.97. The molecule has 3 unspecified atom stereocenters. The predicted octanol–water partition coefficient (Wildman–Crippen LogP) is 2.74. The second kappa shape index (κ2) is 9.25. The quantitative estimate of drug-likeness (QED) is 0.719. The van der Waals surface area contributed by atoms with Crippen molar-refractivity contribution in [2.45, 2.75) is 37.5 Å². The monoisotopic (exact) mass is 353 g/mol. The second-order valence-electron chi connectivity index (χ2n) is 7.03. The maximum Gasteiger partial charge on any atom is 0.229 e. The van der Waals surface area contributed by atoms with E-state index in [0.717, 1.165) is 13.1 Å². The number of hydrogen-bond acceptors (Lipinski definition) is 3. The van der Waals surface area contributed by atoms with Crippen molar-refractivity contribution in [3.8, 4) is 0 Å². The van der Waals surface area contributed by atoms with Gasteiger partial charge in [-0.2, -0.15) is 0 Å². The molecule has 0 N–H and O–H groups in total. The molecule has 1 aromatic rings. The molecule has 6 heteroatoms. The van der Waals surface area contributed by atoms with Gasteiger partial charge in [0.1, 0.15) is 6.17 Å². The minimum Gasteiger partial charge on any atom is -0.308 e. The van der Waals surface area contributed by atoms with Crippen molar-refractivity contribution < 1.29 is 13.6 Å². The highest BCUT2D eigenvalue weighted by atomic mass is 19.1. The van der Waals surface area contributed by atoms with Gasteiger partial charge in [0.25, 0.3) is 0 Å². The van der Waals surface area contributed by atoms with Crippen molar-refractivity contribution in [2.75, 3.05) is 45.8 Å². The molecule has 1 aliphatic carbocycles. The number of nitrogens with zero attached hydrogens (tertiary/aromatic N) is 3. The summed E-state index contributed by atoms with van der Waals surface area (Å²) in [4.78, 5) is 18.4. The van der Waals surface area contributed by atoms with E-state index in [0.29, 0.717) is 18.5 Å². The Morgan fingerprint density at radius 2 is 1.72 bits per heavy atom. The van der Waals surface area contributed by atoms with Crippen LogP contribution in [0.2, 0.25) is 0 Å². The fraction of sp³-hybridized carbons (Fsp3) is 0.632. The number of amides is 1. The van der Waals surface area contributed by atoms with E-state index in [9.17, 15) is 13.6 Å². The van der Waals surface area contributed by atoms with E-state index in [1.54, 1.807) is 4.90 Å². The van der Waals surface area contributed by atoms with Gasteiger partial charge in [0.15, 0.2) is 0 Å². The second-order valence-corrected chi connectivity index (χ2v) is 7.03. The molecule has 1 aromatic carbocycles. The first-order valence-electron chi connectivity index (χ1n) is 8.86. The van der Waals surface area contributed by atoms with Crippen LogP contribution in [0.5, 0.6) is 0 Å². The van der Waals surface area contributed by atoms with Crippen molar-refractivity contribution in [3.63, 3.8) is 0 Å². The Bertz CT molecular complexity index is 541. The zero-order valence-corrected chi connectivity index (χ0v) is 15.4. The molecule has 1 saturated carbocycles. The summed E-state index contributed by atoms with van der Waals surface area (Å²) in [6.07, 6.45) is -0.414. The number of hydrogen-bond donors (Lipinski definition) is 0.